The lowest BCUT2D eigenvalue weighted by Crippen LogP contribution is -2.36. The molecule has 1 saturated carbocycles. The first-order valence-corrected chi connectivity index (χ1v) is 7.73. The minimum Gasteiger partial charge on any atom is -0.313 e. The largest absolute Gasteiger partial charge is 0.313 e. The maximum absolute atomic E-state index is 3.84. The van der Waals surface area contributed by atoms with E-state index in [9.17, 15) is 0 Å². The van der Waals surface area contributed by atoms with Crippen molar-refractivity contribution < 1.29 is 0 Å². The number of fused-ring (bicyclic) bond motifs is 1. The van der Waals surface area contributed by atoms with Gasteiger partial charge in [-0.05, 0) is 53.7 Å². The van der Waals surface area contributed by atoms with Crippen LogP contribution in [0.1, 0.15) is 45.2 Å². The van der Waals surface area contributed by atoms with Gasteiger partial charge in [-0.3, -0.25) is 0 Å². The van der Waals surface area contributed by atoms with Crippen LogP contribution in [0, 0.1) is 16.7 Å². The quantitative estimate of drug-likeness (QED) is 0.868. The highest BCUT2D eigenvalue weighted by Crippen LogP contribution is 2.67. The second-order valence-corrected chi connectivity index (χ2v) is 7.61. The summed E-state index contributed by atoms with van der Waals surface area (Å²) in [6.07, 6.45) is 3.75. The van der Waals surface area contributed by atoms with Crippen molar-refractivity contribution in [3.63, 3.8) is 0 Å². The molecular formula is C18H27N. The van der Waals surface area contributed by atoms with E-state index in [1.54, 1.807) is 11.1 Å². The number of nitrogens with one attached hydrogen (secondary N) is 1. The molecule has 1 nitrogen and oxygen atoms in total. The Hall–Kier alpha value is -0.820. The fourth-order valence-electron chi connectivity index (χ4n) is 4.00. The van der Waals surface area contributed by atoms with E-state index in [4.69, 9.17) is 0 Å². The van der Waals surface area contributed by atoms with E-state index < -0.39 is 0 Å². The second kappa shape index (κ2) is 4.34. The average molecular weight is 257 g/mol. The third-order valence-electron chi connectivity index (χ3n) is 6.28. The molecule has 1 N–H and O–H groups in total. The van der Waals surface area contributed by atoms with E-state index in [-0.39, 0.29) is 0 Å². The molecule has 1 heteroatoms. The topological polar surface area (TPSA) is 12.0 Å². The van der Waals surface area contributed by atoms with Gasteiger partial charge in [-0.15, -0.1) is 0 Å². The van der Waals surface area contributed by atoms with Gasteiger partial charge in [-0.1, -0.05) is 52.0 Å². The van der Waals surface area contributed by atoms with Crippen LogP contribution < -0.4 is 5.32 Å². The zero-order chi connectivity index (χ0) is 13.7. The molecule has 1 fully saturated rings. The molecule has 0 bridgehead atoms. The molecular weight excluding hydrogens is 230 g/mol. The maximum atomic E-state index is 3.84. The first-order chi connectivity index (χ1) is 8.93. The minimum atomic E-state index is 0.507. The molecule has 1 aromatic rings. The number of hydrogen-bond acceptors (Lipinski definition) is 1. The van der Waals surface area contributed by atoms with Gasteiger partial charge >= 0.3 is 0 Å². The molecule has 0 amide bonds. The van der Waals surface area contributed by atoms with Crippen molar-refractivity contribution in [2.24, 2.45) is 16.7 Å². The number of benzene rings is 1. The number of aryl methyl sites for hydroxylation is 1. The van der Waals surface area contributed by atoms with E-state index in [2.05, 4.69) is 57.3 Å². The summed E-state index contributed by atoms with van der Waals surface area (Å²) in [5.74, 6) is 0.831. The molecule has 1 atom stereocenters. The first kappa shape index (κ1) is 13.2. The Morgan fingerprint density at radius 2 is 1.68 bits per heavy atom. The first-order valence-electron chi connectivity index (χ1n) is 7.73. The molecule has 1 aromatic carbocycles. The molecule has 1 unspecified atom stereocenters. The van der Waals surface area contributed by atoms with Gasteiger partial charge in [0.25, 0.3) is 0 Å². The Morgan fingerprint density at radius 1 is 1.05 bits per heavy atom. The van der Waals surface area contributed by atoms with Crippen LogP contribution in [0.25, 0.3) is 0 Å². The number of hydrogen-bond donors (Lipinski definition) is 1. The molecule has 104 valence electrons. The summed E-state index contributed by atoms with van der Waals surface area (Å²) in [6, 6.07) is 9.62. The molecule has 0 aliphatic heterocycles. The predicted octanol–water partition coefficient (Wildman–Crippen LogP) is 3.82. The highest BCUT2D eigenvalue weighted by atomic mass is 14.9. The molecule has 0 radical (unpaired) electrons. The lowest BCUT2D eigenvalue weighted by atomic mass is 9.88. The fraction of sp³-hybridized carbons (Fsp3) is 0.667. The molecule has 2 aliphatic rings. The summed E-state index contributed by atoms with van der Waals surface area (Å²) in [7, 11) is 0. The zero-order valence-corrected chi connectivity index (χ0v) is 12.8. The van der Waals surface area contributed by atoms with Gasteiger partial charge in [0.15, 0.2) is 0 Å². The van der Waals surface area contributed by atoms with Crippen LogP contribution in [0.5, 0.6) is 0 Å². The van der Waals surface area contributed by atoms with Crippen LogP contribution in [0.15, 0.2) is 24.3 Å². The zero-order valence-electron chi connectivity index (χ0n) is 12.8. The van der Waals surface area contributed by atoms with Crippen LogP contribution >= 0.6 is 0 Å². The number of rotatable bonds is 3. The molecule has 0 heterocycles. The van der Waals surface area contributed by atoms with Crippen molar-refractivity contribution in [1.29, 1.82) is 0 Å². The Labute approximate surface area is 117 Å². The fourth-order valence-corrected chi connectivity index (χ4v) is 4.00. The molecule has 0 saturated heterocycles. The van der Waals surface area contributed by atoms with Crippen molar-refractivity contribution in [3.05, 3.63) is 35.4 Å². The van der Waals surface area contributed by atoms with Crippen LogP contribution in [-0.4, -0.2) is 12.6 Å². The summed E-state index contributed by atoms with van der Waals surface area (Å²) in [6.45, 7) is 10.8. The summed E-state index contributed by atoms with van der Waals surface area (Å²) in [4.78, 5) is 0. The normalized spacial score (nSPS) is 27.9. The van der Waals surface area contributed by atoms with Crippen molar-refractivity contribution >= 4 is 0 Å². The Kier molecular flexibility index (Phi) is 3.01. The molecule has 0 aromatic heterocycles. The monoisotopic (exact) mass is 257 g/mol. The minimum absolute atomic E-state index is 0.507. The summed E-state index contributed by atoms with van der Waals surface area (Å²) in [5.41, 5.74) is 4.13. The molecule has 19 heavy (non-hydrogen) atoms. The van der Waals surface area contributed by atoms with E-state index in [0.717, 1.165) is 5.92 Å². The summed E-state index contributed by atoms with van der Waals surface area (Å²) >= 11 is 0. The van der Waals surface area contributed by atoms with Crippen molar-refractivity contribution in [3.8, 4) is 0 Å². The van der Waals surface area contributed by atoms with E-state index >= 15 is 0 Å². The highest BCUT2D eigenvalue weighted by Gasteiger charge is 2.63. The smallest absolute Gasteiger partial charge is 0.0111 e. The van der Waals surface area contributed by atoms with Gasteiger partial charge in [0.2, 0.25) is 0 Å². The van der Waals surface area contributed by atoms with Crippen LogP contribution in [0.3, 0.4) is 0 Å². The van der Waals surface area contributed by atoms with Crippen molar-refractivity contribution in [2.45, 2.75) is 53.0 Å². The standard InChI is InChI=1S/C18H27N/c1-17(2)16(18(17,3)4)12-19-15-10-9-13-7-5-6-8-14(13)11-15/h5-8,15-16,19H,9-12H2,1-4H3. The van der Waals surface area contributed by atoms with Gasteiger partial charge in [0, 0.05) is 6.04 Å². The Balaban J connectivity index is 1.57. The summed E-state index contributed by atoms with van der Waals surface area (Å²) in [5, 5.41) is 3.84. The van der Waals surface area contributed by atoms with E-state index in [1.807, 2.05) is 0 Å². The van der Waals surface area contributed by atoms with Crippen molar-refractivity contribution in [2.75, 3.05) is 6.54 Å². The summed E-state index contributed by atoms with van der Waals surface area (Å²) < 4.78 is 0. The highest BCUT2D eigenvalue weighted by molar-refractivity contribution is 5.30. The third kappa shape index (κ3) is 2.12. The average Bonchev–Trinajstić information content (AvgIpc) is 2.77. The van der Waals surface area contributed by atoms with Crippen LogP contribution in [-0.2, 0) is 12.8 Å². The van der Waals surface area contributed by atoms with Gasteiger partial charge < -0.3 is 5.32 Å². The Morgan fingerprint density at radius 3 is 2.32 bits per heavy atom. The maximum Gasteiger partial charge on any atom is 0.0111 e. The lowest BCUT2D eigenvalue weighted by molar-refractivity contribution is 0.424. The van der Waals surface area contributed by atoms with Crippen LogP contribution in [0.4, 0.5) is 0 Å². The molecule has 3 rings (SSSR count). The molecule has 2 aliphatic carbocycles. The third-order valence-corrected chi connectivity index (χ3v) is 6.28. The second-order valence-electron chi connectivity index (χ2n) is 7.61. The van der Waals surface area contributed by atoms with Gasteiger partial charge in [-0.25, -0.2) is 0 Å². The Bertz CT molecular complexity index is 458. The lowest BCUT2D eigenvalue weighted by Gasteiger charge is -2.26. The predicted molar refractivity (Wildman–Crippen MR) is 81.3 cm³/mol. The van der Waals surface area contributed by atoms with Gasteiger partial charge in [0.1, 0.15) is 0 Å². The molecule has 0 spiro atoms. The van der Waals surface area contributed by atoms with Crippen LogP contribution in [0.2, 0.25) is 0 Å². The van der Waals surface area contributed by atoms with E-state index in [1.165, 1.54) is 25.8 Å². The van der Waals surface area contributed by atoms with Gasteiger partial charge in [0.05, 0.1) is 0 Å². The van der Waals surface area contributed by atoms with Gasteiger partial charge in [-0.2, -0.15) is 0 Å². The van der Waals surface area contributed by atoms with Crippen molar-refractivity contribution in [1.82, 2.24) is 5.32 Å². The van der Waals surface area contributed by atoms with E-state index in [0.29, 0.717) is 16.9 Å². The SMILES string of the molecule is CC1(C)C(CNC2CCc3ccccc3C2)C1(C)C.